The molecule has 0 unspecified atom stereocenters. The van der Waals surface area contributed by atoms with E-state index >= 15 is 0 Å². The lowest BCUT2D eigenvalue weighted by Crippen LogP contribution is -2.40. The van der Waals surface area contributed by atoms with E-state index in [1.165, 1.54) is 28.9 Å². The van der Waals surface area contributed by atoms with E-state index in [9.17, 15) is 17.6 Å². The van der Waals surface area contributed by atoms with E-state index in [-0.39, 0.29) is 29.3 Å². The summed E-state index contributed by atoms with van der Waals surface area (Å²) in [6, 6.07) is 5.30. The van der Waals surface area contributed by atoms with Gasteiger partial charge in [-0.2, -0.15) is 0 Å². The van der Waals surface area contributed by atoms with E-state index in [0.717, 1.165) is 11.8 Å². The second kappa shape index (κ2) is 7.23. The largest absolute Gasteiger partial charge is 0.351 e. The van der Waals surface area contributed by atoms with Crippen LogP contribution in [0.15, 0.2) is 29.4 Å². The minimum absolute atomic E-state index is 0.0298. The van der Waals surface area contributed by atoms with Crippen molar-refractivity contribution in [3.05, 3.63) is 30.1 Å². The molecule has 1 aliphatic heterocycles. The molecule has 2 aromatic rings. The van der Waals surface area contributed by atoms with Gasteiger partial charge in [0.15, 0.2) is 15.7 Å². The minimum Gasteiger partial charge on any atom is -0.351 e. The number of sulfone groups is 1. The van der Waals surface area contributed by atoms with Crippen LogP contribution in [0.1, 0.15) is 13.3 Å². The Balaban J connectivity index is 1.65. The third kappa shape index (κ3) is 4.15. The first kappa shape index (κ1) is 18.6. The lowest BCUT2D eigenvalue weighted by atomic mass is 10.2. The van der Waals surface area contributed by atoms with Gasteiger partial charge in [0, 0.05) is 11.6 Å². The van der Waals surface area contributed by atoms with E-state index < -0.39 is 15.1 Å². The summed E-state index contributed by atoms with van der Waals surface area (Å²) in [4.78, 5) is 12.3. The molecular formula is C15H18FN5O3S2. The maximum absolute atomic E-state index is 13.0. The average Bonchev–Trinajstić information content (AvgIpc) is 3.11. The molecule has 1 aromatic carbocycles. The molecule has 1 fully saturated rings. The number of carbonyl (C=O) groups excluding carboxylic acids is 1. The number of aromatic nitrogens is 3. The van der Waals surface area contributed by atoms with Crippen molar-refractivity contribution in [2.75, 3.05) is 17.3 Å². The number of carbonyl (C=O) groups is 1. The Morgan fingerprint density at radius 2 is 2.08 bits per heavy atom. The summed E-state index contributed by atoms with van der Waals surface area (Å²) >= 11 is 1.11. The van der Waals surface area contributed by atoms with E-state index in [1.807, 2.05) is 0 Å². The van der Waals surface area contributed by atoms with Crippen LogP contribution in [0.25, 0.3) is 11.4 Å². The van der Waals surface area contributed by atoms with E-state index in [0.29, 0.717) is 23.0 Å². The predicted molar refractivity (Wildman–Crippen MR) is 96.1 cm³/mol. The molecule has 0 aliphatic carbocycles. The first-order valence-corrected chi connectivity index (χ1v) is 10.6. The van der Waals surface area contributed by atoms with Crippen molar-refractivity contribution in [2.45, 2.75) is 29.8 Å². The fourth-order valence-corrected chi connectivity index (χ4v) is 5.04. The van der Waals surface area contributed by atoms with Crippen molar-refractivity contribution in [3.63, 3.8) is 0 Å². The number of nitrogens with two attached hydrogens (primary N) is 1. The second-order valence-electron chi connectivity index (χ2n) is 6.05. The topological polar surface area (TPSA) is 120 Å². The van der Waals surface area contributed by atoms with Crippen molar-refractivity contribution < 1.29 is 17.6 Å². The van der Waals surface area contributed by atoms with Gasteiger partial charge in [-0.15, -0.1) is 10.2 Å². The summed E-state index contributed by atoms with van der Waals surface area (Å²) in [6.07, 6.45) is 0.424. The third-order valence-electron chi connectivity index (χ3n) is 4.00. The van der Waals surface area contributed by atoms with E-state index in [1.54, 1.807) is 6.92 Å². The zero-order chi connectivity index (χ0) is 18.9. The minimum atomic E-state index is -3.06. The number of amides is 1. The standard InChI is InChI=1S/C15H18FN5O3S2/c1-9(14(22)18-12-6-7-26(23,24)8-12)25-15-20-19-13(21(15)17)10-2-4-11(16)5-3-10/h2-5,9,12H,6-8,17H2,1H3,(H,18,22)/t9-,12+/m1/s1. The molecular weight excluding hydrogens is 381 g/mol. The molecule has 1 amide bonds. The summed E-state index contributed by atoms with van der Waals surface area (Å²) in [6.45, 7) is 1.68. The number of nitrogens with zero attached hydrogens (tertiary/aromatic N) is 3. The molecule has 26 heavy (non-hydrogen) atoms. The Morgan fingerprint density at radius 3 is 2.69 bits per heavy atom. The second-order valence-corrected chi connectivity index (χ2v) is 9.59. The molecule has 1 aromatic heterocycles. The van der Waals surface area contributed by atoms with Crippen LogP contribution < -0.4 is 11.2 Å². The molecule has 11 heteroatoms. The van der Waals surface area contributed by atoms with Crippen LogP contribution in [0.3, 0.4) is 0 Å². The lowest BCUT2D eigenvalue weighted by Gasteiger charge is -2.15. The number of halogens is 1. The van der Waals surface area contributed by atoms with Crippen LogP contribution in [0.2, 0.25) is 0 Å². The normalized spacial score (nSPS) is 20.0. The van der Waals surface area contributed by atoms with Crippen LogP contribution in [0.5, 0.6) is 0 Å². The van der Waals surface area contributed by atoms with Gasteiger partial charge in [-0.25, -0.2) is 17.5 Å². The van der Waals surface area contributed by atoms with Gasteiger partial charge >= 0.3 is 0 Å². The first-order chi connectivity index (χ1) is 12.2. The monoisotopic (exact) mass is 399 g/mol. The van der Waals surface area contributed by atoms with Gasteiger partial charge in [0.2, 0.25) is 11.1 Å². The Bertz CT molecular complexity index is 914. The highest BCUT2D eigenvalue weighted by Gasteiger charge is 2.30. The Kier molecular flexibility index (Phi) is 5.19. The first-order valence-electron chi connectivity index (χ1n) is 7.89. The average molecular weight is 399 g/mol. The number of thioether (sulfide) groups is 1. The summed E-state index contributed by atoms with van der Waals surface area (Å²) in [7, 11) is -3.06. The lowest BCUT2D eigenvalue weighted by molar-refractivity contribution is -0.120. The van der Waals surface area contributed by atoms with E-state index in [2.05, 4.69) is 15.5 Å². The van der Waals surface area contributed by atoms with Crippen LogP contribution >= 0.6 is 11.8 Å². The molecule has 140 valence electrons. The molecule has 1 saturated heterocycles. The molecule has 3 rings (SSSR count). The fourth-order valence-electron chi connectivity index (χ4n) is 2.59. The maximum Gasteiger partial charge on any atom is 0.233 e. The number of hydrogen-bond donors (Lipinski definition) is 2. The Morgan fingerprint density at radius 1 is 1.38 bits per heavy atom. The maximum atomic E-state index is 13.0. The van der Waals surface area contributed by atoms with Crippen molar-refractivity contribution >= 4 is 27.5 Å². The van der Waals surface area contributed by atoms with Crippen molar-refractivity contribution in [2.24, 2.45) is 0 Å². The fraction of sp³-hybridized carbons (Fsp3) is 0.400. The number of nitrogen functional groups attached to an aromatic ring is 1. The molecule has 2 heterocycles. The third-order valence-corrected chi connectivity index (χ3v) is 6.82. The SMILES string of the molecule is C[C@@H](Sc1nnc(-c2ccc(F)cc2)n1N)C(=O)N[C@H]1CCS(=O)(=O)C1. The smallest absolute Gasteiger partial charge is 0.233 e. The highest BCUT2D eigenvalue weighted by atomic mass is 32.2. The van der Waals surface area contributed by atoms with Crippen molar-refractivity contribution in [1.82, 2.24) is 20.2 Å². The van der Waals surface area contributed by atoms with Crippen LogP contribution in [-0.4, -0.2) is 52.0 Å². The Hall–Kier alpha value is -2.14. The Labute approximate surface area is 154 Å². The molecule has 0 bridgehead atoms. The highest BCUT2D eigenvalue weighted by molar-refractivity contribution is 8.00. The molecule has 0 spiro atoms. The van der Waals surface area contributed by atoms with Gasteiger partial charge in [0.25, 0.3) is 0 Å². The molecule has 8 nitrogen and oxygen atoms in total. The van der Waals surface area contributed by atoms with Crippen LogP contribution in [-0.2, 0) is 14.6 Å². The molecule has 3 N–H and O–H groups in total. The van der Waals surface area contributed by atoms with Gasteiger partial charge in [-0.05, 0) is 37.6 Å². The van der Waals surface area contributed by atoms with Gasteiger partial charge < -0.3 is 11.2 Å². The highest BCUT2D eigenvalue weighted by Crippen LogP contribution is 2.25. The van der Waals surface area contributed by atoms with Gasteiger partial charge in [0.05, 0.1) is 16.8 Å². The summed E-state index contributed by atoms with van der Waals surface area (Å²) in [5.41, 5.74) is 0.599. The summed E-state index contributed by atoms with van der Waals surface area (Å²) in [5.74, 6) is 5.74. The quantitative estimate of drug-likeness (QED) is 0.557. The molecule has 1 aliphatic rings. The number of rotatable bonds is 5. The number of benzene rings is 1. The molecule has 0 radical (unpaired) electrons. The number of nitrogens with one attached hydrogen (secondary N) is 1. The van der Waals surface area contributed by atoms with Gasteiger partial charge in [-0.1, -0.05) is 11.8 Å². The van der Waals surface area contributed by atoms with Gasteiger partial charge in [0.1, 0.15) is 5.82 Å². The van der Waals surface area contributed by atoms with E-state index in [4.69, 9.17) is 5.84 Å². The van der Waals surface area contributed by atoms with Crippen LogP contribution in [0.4, 0.5) is 4.39 Å². The van der Waals surface area contributed by atoms with Crippen molar-refractivity contribution in [1.29, 1.82) is 0 Å². The summed E-state index contributed by atoms with van der Waals surface area (Å²) in [5, 5.41) is 10.5. The zero-order valence-corrected chi connectivity index (χ0v) is 15.6. The van der Waals surface area contributed by atoms with Crippen LogP contribution in [0, 0.1) is 5.82 Å². The molecule has 2 atom stereocenters. The number of hydrogen-bond acceptors (Lipinski definition) is 7. The molecule has 0 saturated carbocycles. The van der Waals surface area contributed by atoms with Crippen molar-refractivity contribution in [3.8, 4) is 11.4 Å². The summed E-state index contributed by atoms with van der Waals surface area (Å²) < 4.78 is 37.2. The zero-order valence-electron chi connectivity index (χ0n) is 13.9. The van der Waals surface area contributed by atoms with Gasteiger partial charge in [-0.3, -0.25) is 4.79 Å². The predicted octanol–water partition coefficient (Wildman–Crippen LogP) is 0.582.